The molecule has 2 aliphatic heterocycles. The van der Waals surface area contributed by atoms with Crippen LogP contribution in [0.25, 0.3) is 5.76 Å². The van der Waals surface area contributed by atoms with Gasteiger partial charge in [-0.25, -0.2) is 0 Å². The number of hydrogen-bond acceptors (Lipinski definition) is 6. The first-order valence-electron chi connectivity index (χ1n) is 11.7. The highest BCUT2D eigenvalue weighted by Gasteiger charge is 2.47. The van der Waals surface area contributed by atoms with E-state index < -0.39 is 17.7 Å². The van der Waals surface area contributed by atoms with Crippen LogP contribution >= 0.6 is 11.6 Å². The molecule has 8 heteroatoms. The van der Waals surface area contributed by atoms with Gasteiger partial charge in [0.1, 0.15) is 23.9 Å². The maximum absolute atomic E-state index is 13.4. The van der Waals surface area contributed by atoms with E-state index in [1.807, 2.05) is 24.9 Å². The first-order chi connectivity index (χ1) is 17.4. The molecule has 0 radical (unpaired) electrons. The monoisotopic (exact) mass is 504 g/mol. The van der Waals surface area contributed by atoms with Crippen molar-refractivity contribution in [3.63, 3.8) is 0 Å². The van der Waals surface area contributed by atoms with Crippen LogP contribution in [0.4, 0.5) is 11.4 Å². The molecule has 7 nitrogen and oxygen atoms in total. The number of amides is 1. The maximum atomic E-state index is 13.4. The molecule has 0 aliphatic carbocycles. The number of fused-ring (bicyclic) bond motifs is 1. The minimum absolute atomic E-state index is 0.00271. The highest BCUT2D eigenvalue weighted by Crippen LogP contribution is 2.44. The van der Waals surface area contributed by atoms with Gasteiger partial charge in [0.05, 0.1) is 30.5 Å². The van der Waals surface area contributed by atoms with Crippen molar-refractivity contribution in [2.24, 2.45) is 0 Å². The molecule has 1 amide bonds. The van der Waals surface area contributed by atoms with Crippen molar-refractivity contribution in [3.05, 3.63) is 88.5 Å². The van der Waals surface area contributed by atoms with Crippen molar-refractivity contribution in [1.82, 2.24) is 0 Å². The van der Waals surface area contributed by atoms with Crippen molar-refractivity contribution in [2.75, 3.05) is 36.6 Å². The quantitative estimate of drug-likeness (QED) is 0.292. The largest absolute Gasteiger partial charge is 0.507 e. The Labute approximate surface area is 214 Å². The number of aliphatic hydroxyl groups excluding tert-OH is 1. The van der Waals surface area contributed by atoms with Crippen molar-refractivity contribution < 1.29 is 24.2 Å². The number of rotatable bonds is 5. The first-order valence-corrected chi connectivity index (χ1v) is 12.0. The molecule has 36 heavy (non-hydrogen) atoms. The van der Waals surface area contributed by atoms with Crippen LogP contribution in [0.1, 0.15) is 24.1 Å². The van der Waals surface area contributed by atoms with Gasteiger partial charge in [-0.15, -0.1) is 0 Å². The lowest BCUT2D eigenvalue weighted by atomic mass is 9.94. The Morgan fingerprint density at radius 2 is 1.89 bits per heavy atom. The molecule has 0 saturated carbocycles. The zero-order valence-corrected chi connectivity index (χ0v) is 20.7. The van der Waals surface area contributed by atoms with Crippen LogP contribution in [0.5, 0.6) is 11.5 Å². The average molecular weight is 505 g/mol. The Morgan fingerprint density at radius 1 is 1.11 bits per heavy atom. The van der Waals surface area contributed by atoms with Crippen molar-refractivity contribution in [3.8, 4) is 11.5 Å². The lowest BCUT2D eigenvalue weighted by Crippen LogP contribution is -2.29. The van der Waals surface area contributed by atoms with E-state index in [2.05, 4.69) is 0 Å². The number of carbonyl (C=O) groups is 2. The molecule has 0 aromatic heterocycles. The molecule has 0 bridgehead atoms. The second-order valence-electron chi connectivity index (χ2n) is 8.60. The Morgan fingerprint density at radius 3 is 2.64 bits per heavy atom. The number of ether oxygens (including phenoxy) is 2. The van der Waals surface area contributed by atoms with Gasteiger partial charge in [-0.1, -0.05) is 23.7 Å². The van der Waals surface area contributed by atoms with Crippen molar-refractivity contribution >= 4 is 40.4 Å². The molecule has 3 aromatic carbocycles. The molecule has 1 atom stereocenters. The second-order valence-corrected chi connectivity index (χ2v) is 9.04. The molecular weight excluding hydrogens is 480 g/mol. The highest BCUT2D eigenvalue weighted by molar-refractivity contribution is 6.51. The number of hydrogen-bond donors (Lipinski definition) is 1. The summed E-state index contributed by atoms with van der Waals surface area (Å²) in [6.45, 7) is 3.61. The standard InChI is InChI=1S/C28H25ClN2O5/c1-3-35-21-6-4-5-17(15-21)25-24(27(33)28(34)31(25)20-10-8-19(29)9-11-20)26(32)18-7-12-23-22(16-18)30(2)13-14-36-23/h4-12,15-16,25,32H,3,13-14H2,1-2H3/b26-24-. The average Bonchev–Trinajstić information content (AvgIpc) is 3.15. The summed E-state index contributed by atoms with van der Waals surface area (Å²) >= 11 is 6.07. The predicted octanol–water partition coefficient (Wildman–Crippen LogP) is 5.19. The number of anilines is 2. The summed E-state index contributed by atoms with van der Waals surface area (Å²) in [6, 6.07) is 18.2. The van der Waals surface area contributed by atoms with Crippen LogP contribution in [0.15, 0.2) is 72.3 Å². The summed E-state index contributed by atoms with van der Waals surface area (Å²) in [6.07, 6.45) is 0. The van der Waals surface area contributed by atoms with E-state index in [0.717, 1.165) is 5.69 Å². The van der Waals surface area contributed by atoms with E-state index in [1.165, 1.54) is 4.90 Å². The number of benzene rings is 3. The summed E-state index contributed by atoms with van der Waals surface area (Å²) in [5.41, 5.74) is 2.35. The number of nitrogens with zero attached hydrogens (tertiary/aromatic N) is 2. The maximum Gasteiger partial charge on any atom is 0.300 e. The van der Waals surface area contributed by atoms with Crippen LogP contribution in [-0.4, -0.2) is 43.6 Å². The predicted molar refractivity (Wildman–Crippen MR) is 139 cm³/mol. The van der Waals surface area contributed by atoms with Gasteiger partial charge in [-0.05, 0) is 67.1 Å². The van der Waals surface area contributed by atoms with E-state index >= 15 is 0 Å². The van der Waals surface area contributed by atoms with E-state index in [9.17, 15) is 14.7 Å². The molecule has 1 saturated heterocycles. The lowest BCUT2D eigenvalue weighted by Gasteiger charge is -2.28. The summed E-state index contributed by atoms with van der Waals surface area (Å²) in [4.78, 5) is 30.2. The third-order valence-corrected chi connectivity index (χ3v) is 6.61. The molecule has 2 heterocycles. The Balaban J connectivity index is 1.69. The lowest BCUT2D eigenvalue weighted by molar-refractivity contribution is -0.132. The van der Waals surface area contributed by atoms with E-state index in [4.69, 9.17) is 21.1 Å². The molecule has 5 rings (SSSR count). The Bertz CT molecular complexity index is 1370. The Kier molecular flexibility index (Phi) is 6.33. The zero-order chi connectivity index (χ0) is 25.4. The molecule has 184 valence electrons. The highest BCUT2D eigenvalue weighted by atomic mass is 35.5. The zero-order valence-electron chi connectivity index (χ0n) is 19.9. The van der Waals surface area contributed by atoms with Gasteiger partial charge in [-0.2, -0.15) is 0 Å². The molecule has 1 unspecified atom stereocenters. The summed E-state index contributed by atoms with van der Waals surface area (Å²) in [5, 5.41) is 12.0. The fraction of sp³-hybridized carbons (Fsp3) is 0.214. The third-order valence-electron chi connectivity index (χ3n) is 6.36. The second kappa shape index (κ2) is 9.59. The number of aliphatic hydroxyl groups is 1. The Hall–Kier alpha value is -3.97. The number of carbonyl (C=O) groups excluding carboxylic acids is 2. The van der Waals surface area contributed by atoms with Gasteiger partial charge in [-0.3, -0.25) is 14.5 Å². The van der Waals surface area contributed by atoms with Crippen LogP contribution in [0.2, 0.25) is 5.02 Å². The summed E-state index contributed by atoms with van der Waals surface area (Å²) in [5.74, 6) is -0.453. The van der Waals surface area contributed by atoms with Gasteiger partial charge in [0.2, 0.25) is 0 Å². The van der Waals surface area contributed by atoms with Gasteiger partial charge in [0, 0.05) is 23.3 Å². The minimum Gasteiger partial charge on any atom is -0.507 e. The summed E-state index contributed by atoms with van der Waals surface area (Å²) < 4.78 is 11.4. The van der Waals surface area contributed by atoms with Gasteiger partial charge in [0.15, 0.2) is 0 Å². The fourth-order valence-electron chi connectivity index (χ4n) is 4.61. The van der Waals surface area contributed by atoms with Gasteiger partial charge in [0.25, 0.3) is 11.7 Å². The van der Waals surface area contributed by atoms with E-state index in [-0.39, 0.29) is 11.3 Å². The molecular formula is C28H25ClN2O5. The van der Waals surface area contributed by atoms with Crippen LogP contribution in [-0.2, 0) is 9.59 Å². The SMILES string of the molecule is CCOc1cccc(C2/C(=C(/O)c3ccc4c(c3)N(C)CCO4)C(=O)C(=O)N2c2ccc(Cl)cc2)c1. The molecule has 1 fully saturated rings. The third kappa shape index (κ3) is 4.16. The van der Waals surface area contributed by atoms with Crippen LogP contribution < -0.4 is 19.3 Å². The topological polar surface area (TPSA) is 79.3 Å². The number of ketones is 1. The van der Waals surface area contributed by atoms with Crippen LogP contribution in [0.3, 0.4) is 0 Å². The van der Waals surface area contributed by atoms with Gasteiger partial charge >= 0.3 is 0 Å². The van der Waals surface area contributed by atoms with E-state index in [0.29, 0.717) is 53.1 Å². The fourth-order valence-corrected chi connectivity index (χ4v) is 4.74. The van der Waals surface area contributed by atoms with Crippen molar-refractivity contribution in [1.29, 1.82) is 0 Å². The minimum atomic E-state index is -0.864. The molecule has 0 spiro atoms. The first kappa shape index (κ1) is 23.8. The van der Waals surface area contributed by atoms with Gasteiger partial charge < -0.3 is 19.5 Å². The number of halogens is 1. The van der Waals surface area contributed by atoms with E-state index in [1.54, 1.807) is 60.7 Å². The number of Topliss-reactive ketones (excluding diaryl/α,β-unsaturated/α-hetero) is 1. The molecule has 1 N–H and O–H groups in total. The molecule has 2 aliphatic rings. The normalized spacial score (nSPS) is 18.7. The van der Waals surface area contributed by atoms with Crippen molar-refractivity contribution in [2.45, 2.75) is 13.0 Å². The smallest absolute Gasteiger partial charge is 0.300 e. The molecule has 3 aromatic rings. The summed E-state index contributed by atoms with van der Waals surface area (Å²) in [7, 11) is 1.93. The number of likely N-dealkylation sites (N-methyl/N-ethyl adjacent to an activating group) is 1. The van der Waals surface area contributed by atoms with Crippen LogP contribution in [0, 0.1) is 0 Å².